The molecule has 1 aromatic rings. The van der Waals surface area contributed by atoms with Crippen molar-refractivity contribution >= 4 is 5.91 Å². The summed E-state index contributed by atoms with van der Waals surface area (Å²) in [6.45, 7) is 3.29. The van der Waals surface area contributed by atoms with Crippen molar-refractivity contribution in [3.8, 4) is 0 Å². The monoisotopic (exact) mass is 269 g/mol. The van der Waals surface area contributed by atoms with Crippen LogP contribution in [0.4, 0.5) is 8.78 Å². The number of halogens is 2. The number of carbonyl (C=O) groups is 1. The van der Waals surface area contributed by atoms with Gasteiger partial charge in [-0.05, 0) is 43.9 Å². The molecule has 2 atom stereocenters. The first-order valence-corrected chi connectivity index (χ1v) is 6.22. The van der Waals surface area contributed by atoms with Crippen LogP contribution in [0.2, 0.25) is 0 Å². The molecule has 1 saturated carbocycles. The van der Waals surface area contributed by atoms with Crippen LogP contribution in [0.15, 0.2) is 18.2 Å². The van der Waals surface area contributed by atoms with Crippen LogP contribution in [-0.4, -0.2) is 23.2 Å². The van der Waals surface area contributed by atoms with Crippen LogP contribution in [0.1, 0.15) is 31.7 Å². The van der Waals surface area contributed by atoms with Crippen LogP contribution in [0.3, 0.4) is 0 Å². The van der Waals surface area contributed by atoms with Gasteiger partial charge < -0.3 is 10.4 Å². The lowest BCUT2D eigenvalue weighted by atomic mass is 10.1. The molecule has 2 unspecified atom stereocenters. The van der Waals surface area contributed by atoms with Crippen molar-refractivity contribution < 1.29 is 18.7 Å². The fourth-order valence-corrected chi connectivity index (χ4v) is 2.06. The minimum absolute atomic E-state index is 0.0652. The van der Waals surface area contributed by atoms with Crippen molar-refractivity contribution in [2.45, 2.75) is 31.7 Å². The number of nitrogens with one attached hydrogen (secondary N) is 1. The van der Waals surface area contributed by atoms with Crippen LogP contribution in [-0.2, 0) is 4.79 Å². The molecule has 0 bridgehead atoms. The van der Waals surface area contributed by atoms with Crippen molar-refractivity contribution in [2.75, 3.05) is 6.61 Å². The van der Waals surface area contributed by atoms with Gasteiger partial charge in [0.25, 0.3) is 0 Å². The van der Waals surface area contributed by atoms with E-state index < -0.39 is 17.2 Å². The summed E-state index contributed by atoms with van der Waals surface area (Å²) in [5, 5.41) is 11.8. The quantitative estimate of drug-likeness (QED) is 0.877. The first-order valence-electron chi connectivity index (χ1n) is 6.22. The highest BCUT2D eigenvalue weighted by atomic mass is 19.2. The van der Waals surface area contributed by atoms with Gasteiger partial charge in [0.2, 0.25) is 5.91 Å². The summed E-state index contributed by atoms with van der Waals surface area (Å²) in [4.78, 5) is 11.9. The van der Waals surface area contributed by atoms with Gasteiger partial charge in [0.15, 0.2) is 11.6 Å². The van der Waals surface area contributed by atoms with Gasteiger partial charge in [0, 0.05) is 5.92 Å². The van der Waals surface area contributed by atoms with Gasteiger partial charge in [-0.15, -0.1) is 0 Å². The third kappa shape index (κ3) is 3.10. The van der Waals surface area contributed by atoms with E-state index in [4.69, 9.17) is 5.11 Å². The van der Waals surface area contributed by atoms with Crippen LogP contribution < -0.4 is 5.32 Å². The second-order valence-corrected chi connectivity index (χ2v) is 5.65. The Balaban J connectivity index is 2.00. The number of carbonyl (C=O) groups excluding carboxylic acids is 1. The van der Waals surface area contributed by atoms with E-state index in [-0.39, 0.29) is 24.3 Å². The molecule has 1 aromatic carbocycles. The van der Waals surface area contributed by atoms with E-state index in [1.807, 2.05) is 0 Å². The number of hydrogen-bond acceptors (Lipinski definition) is 2. The third-order valence-corrected chi connectivity index (χ3v) is 3.36. The van der Waals surface area contributed by atoms with Crippen molar-refractivity contribution in [1.82, 2.24) is 5.32 Å². The van der Waals surface area contributed by atoms with Gasteiger partial charge in [-0.25, -0.2) is 8.78 Å². The summed E-state index contributed by atoms with van der Waals surface area (Å²) in [5.74, 6) is -2.22. The van der Waals surface area contributed by atoms with E-state index in [0.29, 0.717) is 12.0 Å². The molecule has 0 saturated heterocycles. The second kappa shape index (κ2) is 4.89. The topological polar surface area (TPSA) is 49.3 Å². The van der Waals surface area contributed by atoms with E-state index in [9.17, 15) is 13.6 Å². The van der Waals surface area contributed by atoms with E-state index in [0.717, 1.165) is 12.1 Å². The van der Waals surface area contributed by atoms with Gasteiger partial charge in [-0.2, -0.15) is 0 Å². The molecule has 2 rings (SSSR count). The Bertz CT molecular complexity index is 502. The first kappa shape index (κ1) is 13.9. The highest BCUT2D eigenvalue weighted by Crippen LogP contribution is 2.47. The maximum Gasteiger partial charge on any atom is 0.224 e. The second-order valence-electron chi connectivity index (χ2n) is 5.65. The van der Waals surface area contributed by atoms with Crippen LogP contribution in [0.25, 0.3) is 0 Å². The molecule has 19 heavy (non-hydrogen) atoms. The summed E-state index contributed by atoms with van der Waals surface area (Å²) in [6, 6.07) is 3.73. The molecule has 1 aliphatic carbocycles. The summed E-state index contributed by atoms with van der Waals surface area (Å²) in [5.41, 5.74) is -0.0287. The molecule has 1 aliphatic rings. The van der Waals surface area contributed by atoms with Gasteiger partial charge >= 0.3 is 0 Å². The molecule has 0 heterocycles. The number of aliphatic hydroxyl groups excluding tert-OH is 1. The van der Waals surface area contributed by atoms with Crippen molar-refractivity contribution in [3.05, 3.63) is 35.4 Å². The number of hydrogen-bond donors (Lipinski definition) is 2. The summed E-state index contributed by atoms with van der Waals surface area (Å²) in [7, 11) is 0. The average molecular weight is 269 g/mol. The van der Waals surface area contributed by atoms with E-state index in [1.54, 1.807) is 13.8 Å². The Kier molecular flexibility index (Phi) is 3.58. The summed E-state index contributed by atoms with van der Waals surface area (Å²) >= 11 is 0. The largest absolute Gasteiger partial charge is 0.394 e. The molecule has 0 spiro atoms. The number of benzene rings is 1. The van der Waals surface area contributed by atoms with Gasteiger partial charge in [0.05, 0.1) is 12.1 Å². The zero-order valence-corrected chi connectivity index (χ0v) is 10.9. The zero-order valence-electron chi connectivity index (χ0n) is 10.9. The van der Waals surface area contributed by atoms with Crippen LogP contribution in [0.5, 0.6) is 0 Å². The number of rotatable bonds is 4. The minimum Gasteiger partial charge on any atom is -0.394 e. The number of amides is 1. The van der Waals surface area contributed by atoms with Crippen molar-refractivity contribution in [2.24, 2.45) is 5.92 Å². The predicted octanol–water partition coefficient (Wildman–Crippen LogP) is 1.96. The Morgan fingerprint density at radius 1 is 1.42 bits per heavy atom. The number of aliphatic hydroxyl groups is 1. The van der Waals surface area contributed by atoms with Gasteiger partial charge in [-0.1, -0.05) is 6.07 Å². The minimum atomic E-state index is -0.890. The zero-order chi connectivity index (χ0) is 14.2. The maximum atomic E-state index is 13.1. The fourth-order valence-electron chi connectivity index (χ4n) is 2.06. The molecule has 3 nitrogen and oxygen atoms in total. The molecule has 1 amide bonds. The molecule has 0 radical (unpaired) electrons. The van der Waals surface area contributed by atoms with Gasteiger partial charge in [-0.3, -0.25) is 4.79 Å². The van der Waals surface area contributed by atoms with Gasteiger partial charge in [0.1, 0.15) is 0 Å². The summed E-state index contributed by atoms with van der Waals surface area (Å²) < 4.78 is 25.9. The molecule has 5 heteroatoms. The molecule has 2 N–H and O–H groups in total. The molecular formula is C14H17F2NO2. The lowest BCUT2D eigenvalue weighted by Crippen LogP contribution is -2.47. The van der Waals surface area contributed by atoms with E-state index in [1.165, 1.54) is 6.07 Å². The SMILES string of the molecule is CC(C)(CO)NC(=O)C1CC1c1ccc(F)c(F)c1. The molecule has 104 valence electrons. The van der Waals surface area contributed by atoms with Crippen LogP contribution >= 0.6 is 0 Å². The van der Waals surface area contributed by atoms with Crippen molar-refractivity contribution in [3.63, 3.8) is 0 Å². The van der Waals surface area contributed by atoms with E-state index >= 15 is 0 Å². The maximum absolute atomic E-state index is 13.1. The lowest BCUT2D eigenvalue weighted by molar-refractivity contribution is -0.124. The Labute approximate surface area is 110 Å². The predicted molar refractivity (Wildman–Crippen MR) is 66.5 cm³/mol. The molecule has 0 aliphatic heterocycles. The first-order chi connectivity index (χ1) is 8.84. The highest BCUT2D eigenvalue weighted by molar-refractivity contribution is 5.83. The summed E-state index contributed by atoms with van der Waals surface area (Å²) in [6.07, 6.45) is 0.623. The highest BCUT2D eigenvalue weighted by Gasteiger charge is 2.45. The van der Waals surface area contributed by atoms with Crippen molar-refractivity contribution in [1.29, 1.82) is 0 Å². The molecular weight excluding hydrogens is 252 g/mol. The molecule has 0 aromatic heterocycles. The molecule has 1 fully saturated rings. The third-order valence-electron chi connectivity index (χ3n) is 3.36. The average Bonchev–Trinajstić information content (AvgIpc) is 3.12. The Morgan fingerprint density at radius 3 is 2.68 bits per heavy atom. The Morgan fingerprint density at radius 2 is 2.11 bits per heavy atom. The smallest absolute Gasteiger partial charge is 0.224 e. The standard InChI is InChI=1S/C14H17F2NO2/c1-14(2,7-18)17-13(19)10-6-9(10)8-3-4-11(15)12(16)5-8/h3-5,9-10,18H,6-7H2,1-2H3,(H,17,19). The Hall–Kier alpha value is -1.49. The lowest BCUT2D eigenvalue weighted by Gasteiger charge is -2.23. The van der Waals surface area contributed by atoms with Crippen LogP contribution in [0, 0.1) is 17.6 Å². The van der Waals surface area contributed by atoms with E-state index in [2.05, 4.69) is 5.32 Å². The fraction of sp³-hybridized carbons (Fsp3) is 0.500. The normalized spacial score (nSPS) is 22.2.